The summed E-state index contributed by atoms with van der Waals surface area (Å²) < 4.78 is 19.5. The summed E-state index contributed by atoms with van der Waals surface area (Å²) >= 11 is 0. The number of aromatic nitrogens is 2. The van der Waals surface area contributed by atoms with Gasteiger partial charge in [-0.3, -0.25) is 0 Å². The van der Waals surface area contributed by atoms with E-state index in [1.54, 1.807) is 0 Å². The first-order chi connectivity index (χ1) is 14.7. The lowest BCUT2D eigenvalue weighted by molar-refractivity contribution is 0.184. The van der Waals surface area contributed by atoms with E-state index in [9.17, 15) is 4.39 Å². The zero-order chi connectivity index (χ0) is 21.4. The minimum absolute atomic E-state index is 0.120. The third-order valence-electron chi connectivity index (χ3n) is 5.44. The van der Waals surface area contributed by atoms with Crippen molar-refractivity contribution in [2.24, 2.45) is 0 Å². The Bertz CT molecular complexity index is 672. The lowest BCUT2D eigenvalue weighted by Crippen LogP contribution is -2.12. The van der Waals surface area contributed by atoms with E-state index in [0.717, 1.165) is 24.8 Å². The van der Waals surface area contributed by atoms with Gasteiger partial charge in [0.05, 0.1) is 0 Å². The summed E-state index contributed by atoms with van der Waals surface area (Å²) in [4.78, 5) is 9.04. The van der Waals surface area contributed by atoms with Gasteiger partial charge in [0.2, 0.25) is 0 Å². The first-order valence-corrected chi connectivity index (χ1v) is 11.9. The minimum Gasteiger partial charge on any atom is -0.491 e. The summed E-state index contributed by atoms with van der Waals surface area (Å²) in [6, 6.07) is 7.61. The van der Waals surface area contributed by atoms with Crippen molar-refractivity contribution < 1.29 is 9.13 Å². The summed E-state index contributed by atoms with van der Waals surface area (Å²) in [5.74, 6) is 1.40. The molecule has 0 fully saturated rings. The van der Waals surface area contributed by atoms with Crippen LogP contribution >= 0.6 is 0 Å². The van der Waals surface area contributed by atoms with Crippen LogP contribution in [0.1, 0.15) is 90.0 Å². The number of aryl methyl sites for hydroxylation is 1. The van der Waals surface area contributed by atoms with Crippen LogP contribution < -0.4 is 4.74 Å². The average molecular weight is 415 g/mol. The number of rotatable bonds is 16. The maximum absolute atomic E-state index is 13.9. The monoisotopic (exact) mass is 414 g/mol. The topological polar surface area (TPSA) is 35.0 Å². The molecule has 4 heteroatoms. The van der Waals surface area contributed by atoms with Crippen LogP contribution in [0.4, 0.5) is 4.39 Å². The molecule has 0 amide bonds. The maximum Gasteiger partial charge on any atom is 0.159 e. The van der Waals surface area contributed by atoms with Gasteiger partial charge in [0, 0.05) is 18.0 Å². The SMILES string of the molecule is CCCCCCCCc1cnc(-c2ccc(OC[C@H](F)CCCCCC)cc2)nc1. The van der Waals surface area contributed by atoms with Gasteiger partial charge in [-0.25, -0.2) is 14.4 Å². The van der Waals surface area contributed by atoms with Crippen molar-refractivity contribution in [1.82, 2.24) is 9.97 Å². The second-order valence-corrected chi connectivity index (χ2v) is 8.21. The molecule has 30 heavy (non-hydrogen) atoms. The fourth-order valence-electron chi connectivity index (χ4n) is 3.51. The number of ether oxygens (including phenoxy) is 1. The van der Waals surface area contributed by atoms with Crippen LogP contribution in [0.15, 0.2) is 36.7 Å². The second-order valence-electron chi connectivity index (χ2n) is 8.21. The van der Waals surface area contributed by atoms with Gasteiger partial charge in [0.15, 0.2) is 5.82 Å². The highest BCUT2D eigenvalue weighted by Gasteiger charge is 2.08. The van der Waals surface area contributed by atoms with E-state index < -0.39 is 6.17 Å². The molecular weight excluding hydrogens is 375 g/mol. The summed E-state index contributed by atoms with van der Waals surface area (Å²) in [5, 5.41) is 0. The summed E-state index contributed by atoms with van der Waals surface area (Å²) in [6.45, 7) is 4.53. The van der Waals surface area contributed by atoms with Gasteiger partial charge in [0.25, 0.3) is 0 Å². The fraction of sp³-hybridized carbons (Fsp3) is 0.615. The maximum atomic E-state index is 13.9. The van der Waals surface area contributed by atoms with Crippen LogP contribution in [0.25, 0.3) is 11.4 Å². The molecule has 1 atom stereocenters. The van der Waals surface area contributed by atoms with Crippen LogP contribution in [-0.4, -0.2) is 22.7 Å². The summed E-state index contributed by atoms with van der Waals surface area (Å²) in [6.07, 6.45) is 16.8. The molecule has 0 aliphatic heterocycles. The van der Waals surface area contributed by atoms with Gasteiger partial charge in [-0.1, -0.05) is 71.6 Å². The highest BCUT2D eigenvalue weighted by molar-refractivity contribution is 5.55. The Kier molecular flexibility index (Phi) is 12.1. The predicted octanol–water partition coefficient (Wildman–Crippen LogP) is 7.73. The van der Waals surface area contributed by atoms with Gasteiger partial charge in [-0.05, 0) is 49.1 Å². The van der Waals surface area contributed by atoms with Crippen LogP contribution in [0.3, 0.4) is 0 Å². The highest BCUT2D eigenvalue weighted by Crippen LogP contribution is 2.20. The lowest BCUT2D eigenvalue weighted by atomic mass is 10.1. The zero-order valence-corrected chi connectivity index (χ0v) is 18.9. The number of unbranched alkanes of at least 4 members (excludes halogenated alkanes) is 8. The van der Waals surface area contributed by atoms with Crippen molar-refractivity contribution in [2.75, 3.05) is 6.61 Å². The van der Waals surface area contributed by atoms with E-state index in [0.29, 0.717) is 18.0 Å². The molecule has 2 aromatic rings. The Labute approximate surface area is 182 Å². The first kappa shape index (κ1) is 24.3. The lowest BCUT2D eigenvalue weighted by Gasteiger charge is -2.11. The number of halogens is 1. The van der Waals surface area contributed by atoms with Crippen molar-refractivity contribution in [3.8, 4) is 17.1 Å². The van der Waals surface area contributed by atoms with Gasteiger partial charge < -0.3 is 4.74 Å². The molecule has 2 rings (SSSR count). The van der Waals surface area contributed by atoms with Crippen LogP contribution in [0.2, 0.25) is 0 Å². The molecule has 0 saturated carbocycles. The Hall–Kier alpha value is -1.97. The third-order valence-corrected chi connectivity index (χ3v) is 5.44. The number of alkyl halides is 1. The van der Waals surface area contributed by atoms with E-state index in [2.05, 4.69) is 23.8 Å². The standard InChI is InChI=1S/C26H39FN2O/c1-3-5-7-9-10-11-13-22-19-28-26(29-20-22)23-15-17-25(18-16-23)30-21-24(27)14-12-8-6-4-2/h15-20,24H,3-14,21H2,1-2H3/t24-/m1/s1. The molecule has 0 N–H and O–H groups in total. The van der Waals surface area contributed by atoms with Crippen molar-refractivity contribution in [1.29, 1.82) is 0 Å². The molecule has 1 aromatic carbocycles. The molecule has 0 radical (unpaired) electrons. The normalized spacial score (nSPS) is 12.1. The molecule has 0 bridgehead atoms. The zero-order valence-electron chi connectivity index (χ0n) is 18.9. The Morgan fingerprint density at radius 3 is 2.07 bits per heavy atom. The van der Waals surface area contributed by atoms with Crippen LogP contribution in [0, 0.1) is 0 Å². The first-order valence-electron chi connectivity index (χ1n) is 11.9. The molecule has 0 spiro atoms. The van der Waals surface area contributed by atoms with Crippen molar-refractivity contribution in [2.45, 2.75) is 97.1 Å². The Morgan fingerprint density at radius 2 is 1.40 bits per heavy atom. The van der Waals surface area contributed by atoms with E-state index in [1.165, 1.54) is 56.9 Å². The van der Waals surface area contributed by atoms with Crippen molar-refractivity contribution in [3.05, 3.63) is 42.2 Å². The summed E-state index contributed by atoms with van der Waals surface area (Å²) in [5.41, 5.74) is 2.15. The molecule has 1 aromatic heterocycles. The molecule has 0 saturated heterocycles. The Morgan fingerprint density at radius 1 is 0.800 bits per heavy atom. The van der Waals surface area contributed by atoms with Gasteiger partial charge in [0.1, 0.15) is 18.5 Å². The minimum atomic E-state index is -0.899. The van der Waals surface area contributed by atoms with E-state index in [1.807, 2.05) is 36.7 Å². The van der Waals surface area contributed by atoms with E-state index >= 15 is 0 Å². The van der Waals surface area contributed by atoms with Crippen LogP contribution in [-0.2, 0) is 6.42 Å². The molecule has 166 valence electrons. The van der Waals surface area contributed by atoms with Gasteiger partial charge in [-0.2, -0.15) is 0 Å². The molecule has 0 aliphatic rings. The summed E-state index contributed by atoms with van der Waals surface area (Å²) in [7, 11) is 0. The highest BCUT2D eigenvalue weighted by atomic mass is 19.1. The largest absolute Gasteiger partial charge is 0.491 e. The van der Waals surface area contributed by atoms with E-state index in [-0.39, 0.29) is 6.61 Å². The Balaban J connectivity index is 1.72. The second kappa shape index (κ2) is 14.9. The quantitative estimate of drug-likeness (QED) is 0.264. The van der Waals surface area contributed by atoms with Crippen molar-refractivity contribution in [3.63, 3.8) is 0 Å². The molecular formula is C26H39FN2O. The molecule has 0 unspecified atom stereocenters. The fourth-order valence-corrected chi connectivity index (χ4v) is 3.51. The average Bonchev–Trinajstić information content (AvgIpc) is 2.78. The van der Waals surface area contributed by atoms with Gasteiger partial charge in [-0.15, -0.1) is 0 Å². The molecule has 3 nitrogen and oxygen atoms in total. The van der Waals surface area contributed by atoms with Crippen molar-refractivity contribution >= 4 is 0 Å². The molecule has 1 heterocycles. The van der Waals surface area contributed by atoms with Gasteiger partial charge >= 0.3 is 0 Å². The number of hydrogen-bond donors (Lipinski definition) is 0. The number of nitrogens with zero attached hydrogens (tertiary/aromatic N) is 2. The number of benzene rings is 1. The third kappa shape index (κ3) is 9.69. The van der Waals surface area contributed by atoms with E-state index in [4.69, 9.17) is 4.74 Å². The van der Waals surface area contributed by atoms with Crippen LogP contribution in [0.5, 0.6) is 5.75 Å². The predicted molar refractivity (Wildman–Crippen MR) is 124 cm³/mol. The number of hydrogen-bond acceptors (Lipinski definition) is 3. The molecule has 0 aliphatic carbocycles. The smallest absolute Gasteiger partial charge is 0.159 e.